The van der Waals surface area contributed by atoms with E-state index in [0.717, 1.165) is 50.8 Å². The first-order valence-electron chi connectivity index (χ1n) is 13.0. The van der Waals surface area contributed by atoms with E-state index in [-0.39, 0.29) is 12.1 Å². The van der Waals surface area contributed by atoms with Crippen LogP contribution in [-0.2, 0) is 6.42 Å². The summed E-state index contributed by atoms with van der Waals surface area (Å²) < 4.78 is 25.2. The lowest BCUT2D eigenvalue weighted by atomic mass is 9.92. The van der Waals surface area contributed by atoms with Gasteiger partial charge >= 0.3 is 0 Å². The number of carbonyl (C=O) groups excluding carboxylic acids is 1. The number of terminal acetylenes is 1. The number of carbonyl (C=O) groups is 1. The maximum absolute atomic E-state index is 14.2. The molecule has 38 heavy (non-hydrogen) atoms. The van der Waals surface area contributed by atoms with Gasteiger partial charge in [0.05, 0.1) is 24.3 Å². The second-order valence-corrected chi connectivity index (χ2v) is 9.83. The Hall–Kier alpha value is -4.00. The molecule has 0 unspecified atom stereocenters. The van der Waals surface area contributed by atoms with Crippen LogP contribution in [0, 0.1) is 30.0 Å². The molecule has 1 aromatic carbocycles. The molecule has 0 saturated carbocycles. The molecule has 1 aliphatic rings. The first kappa shape index (κ1) is 27.0. The van der Waals surface area contributed by atoms with Gasteiger partial charge in [0.1, 0.15) is 11.6 Å². The number of ether oxygens (including phenoxy) is 1. The number of benzene rings is 1. The van der Waals surface area contributed by atoms with Crippen molar-refractivity contribution in [2.75, 3.05) is 31.1 Å². The summed E-state index contributed by atoms with van der Waals surface area (Å²) in [6.45, 7) is 6.53. The normalized spacial score (nSPS) is 13.9. The van der Waals surface area contributed by atoms with E-state index in [4.69, 9.17) is 15.7 Å². The highest BCUT2D eigenvalue weighted by Gasteiger charge is 2.21. The van der Waals surface area contributed by atoms with Gasteiger partial charge in [-0.25, -0.2) is 14.4 Å². The summed E-state index contributed by atoms with van der Waals surface area (Å²) in [4.78, 5) is 27.6. The summed E-state index contributed by atoms with van der Waals surface area (Å²) >= 11 is 0. The fraction of sp³-hybridized carbons (Fsp3) is 0.464. The van der Waals surface area contributed by atoms with Crippen molar-refractivity contribution >= 4 is 11.9 Å². The largest absolute Gasteiger partial charge is 0.493 e. The monoisotopic (exact) mass is 520 g/mol. The maximum atomic E-state index is 14.2. The van der Waals surface area contributed by atoms with Crippen molar-refractivity contribution in [2.24, 2.45) is 11.8 Å². The first-order chi connectivity index (χ1) is 18.4. The summed E-state index contributed by atoms with van der Waals surface area (Å²) in [5, 5.41) is 6.49. The van der Waals surface area contributed by atoms with Gasteiger partial charge in [0.2, 0.25) is 17.7 Å². The number of rotatable bonds is 11. The Balaban J connectivity index is 1.17. The lowest BCUT2D eigenvalue weighted by Gasteiger charge is -2.32. The Bertz CT molecular complexity index is 1250. The minimum atomic E-state index is -0.632. The first-order valence-corrected chi connectivity index (χ1v) is 13.0. The topological polar surface area (TPSA) is 106 Å². The molecule has 1 aliphatic heterocycles. The second kappa shape index (κ2) is 13.0. The van der Waals surface area contributed by atoms with Crippen LogP contribution in [0.5, 0.6) is 5.75 Å². The van der Waals surface area contributed by atoms with Crippen LogP contribution in [0.25, 0.3) is 11.4 Å². The van der Waals surface area contributed by atoms with Gasteiger partial charge in [-0.15, -0.1) is 6.42 Å². The third-order valence-corrected chi connectivity index (χ3v) is 6.41. The highest BCUT2D eigenvalue weighted by molar-refractivity contribution is 5.94. The molecule has 3 heterocycles. The predicted molar refractivity (Wildman–Crippen MR) is 141 cm³/mol. The van der Waals surface area contributed by atoms with Crippen LogP contribution in [0.15, 0.2) is 35.1 Å². The third kappa shape index (κ3) is 7.28. The van der Waals surface area contributed by atoms with Gasteiger partial charge in [0.15, 0.2) is 0 Å². The molecule has 1 amide bonds. The number of hydrogen-bond donors (Lipinski definition) is 1. The van der Waals surface area contributed by atoms with E-state index in [1.807, 2.05) is 0 Å². The molecule has 1 saturated heterocycles. The number of amides is 1. The SMILES string of the molecule is C#CCNC(=O)c1ccc(OCCCC2CCN(c3ncc(-c4noc(CC(C)C)n4)cn3)CC2)cc1F. The fourth-order valence-electron chi connectivity index (χ4n) is 4.38. The minimum Gasteiger partial charge on any atom is -0.493 e. The fourth-order valence-corrected chi connectivity index (χ4v) is 4.38. The number of halogens is 1. The van der Waals surface area contributed by atoms with E-state index >= 15 is 0 Å². The molecule has 10 heteroatoms. The zero-order chi connectivity index (χ0) is 26.9. The van der Waals surface area contributed by atoms with Crippen molar-refractivity contribution in [1.29, 1.82) is 0 Å². The molecule has 0 aliphatic carbocycles. The van der Waals surface area contributed by atoms with Gasteiger partial charge in [-0.1, -0.05) is 24.9 Å². The second-order valence-electron chi connectivity index (χ2n) is 9.83. The van der Waals surface area contributed by atoms with Crippen LogP contribution in [0.4, 0.5) is 10.3 Å². The van der Waals surface area contributed by atoms with Crippen molar-refractivity contribution in [3.05, 3.63) is 47.9 Å². The molecule has 4 rings (SSSR count). The number of nitrogens with one attached hydrogen (secondary N) is 1. The molecule has 0 radical (unpaired) electrons. The van der Waals surface area contributed by atoms with E-state index in [9.17, 15) is 9.18 Å². The van der Waals surface area contributed by atoms with Crippen molar-refractivity contribution in [1.82, 2.24) is 25.4 Å². The number of piperidine rings is 1. The van der Waals surface area contributed by atoms with Crippen LogP contribution in [0.3, 0.4) is 0 Å². The smallest absolute Gasteiger partial charge is 0.255 e. The van der Waals surface area contributed by atoms with E-state index < -0.39 is 11.7 Å². The van der Waals surface area contributed by atoms with Crippen molar-refractivity contribution in [3.8, 4) is 29.5 Å². The van der Waals surface area contributed by atoms with Gasteiger partial charge in [-0.05, 0) is 49.7 Å². The minimum absolute atomic E-state index is 0.0512. The average Bonchev–Trinajstić information content (AvgIpc) is 3.38. The van der Waals surface area contributed by atoms with Crippen LogP contribution < -0.4 is 15.0 Å². The van der Waals surface area contributed by atoms with Gasteiger partial charge in [0, 0.05) is 38.0 Å². The molecule has 2 aromatic heterocycles. The lowest BCUT2D eigenvalue weighted by molar-refractivity contribution is 0.0954. The number of hydrogen-bond acceptors (Lipinski definition) is 8. The summed E-state index contributed by atoms with van der Waals surface area (Å²) in [5.74, 6) is 4.40. The van der Waals surface area contributed by atoms with Crippen molar-refractivity contribution < 1.29 is 18.4 Å². The molecule has 0 bridgehead atoms. The van der Waals surface area contributed by atoms with E-state index in [1.54, 1.807) is 18.5 Å². The molecule has 200 valence electrons. The highest BCUT2D eigenvalue weighted by atomic mass is 19.1. The molecular weight excluding hydrogens is 487 g/mol. The van der Waals surface area contributed by atoms with Gasteiger partial charge in [0.25, 0.3) is 5.91 Å². The van der Waals surface area contributed by atoms with E-state index in [0.29, 0.717) is 41.9 Å². The van der Waals surface area contributed by atoms with Crippen LogP contribution in [0.1, 0.15) is 55.8 Å². The Labute approximate surface area is 222 Å². The van der Waals surface area contributed by atoms with E-state index in [1.165, 1.54) is 12.1 Å². The number of anilines is 1. The Kier molecular flexibility index (Phi) is 9.25. The maximum Gasteiger partial charge on any atom is 0.255 e. The molecule has 1 fully saturated rings. The summed E-state index contributed by atoms with van der Waals surface area (Å²) in [6, 6.07) is 4.24. The Morgan fingerprint density at radius 1 is 1.29 bits per heavy atom. The molecule has 9 nitrogen and oxygen atoms in total. The highest BCUT2D eigenvalue weighted by Crippen LogP contribution is 2.25. The zero-order valence-corrected chi connectivity index (χ0v) is 21.8. The van der Waals surface area contributed by atoms with E-state index in [2.05, 4.69) is 50.1 Å². The van der Waals surface area contributed by atoms with Gasteiger partial charge in [-0.3, -0.25) is 4.79 Å². The van der Waals surface area contributed by atoms with Crippen molar-refractivity contribution in [2.45, 2.75) is 46.0 Å². The van der Waals surface area contributed by atoms with Gasteiger partial charge in [-0.2, -0.15) is 4.98 Å². The standard InChI is InChI=1S/C28H33FN6O3/c1-4-11-30-27(36)23-8-7-22(16-24(23)29)37-14-5-6-20-9-12-35(13-10-20)28-31-17-21(18-32-28)26-33-25(38-34-26)15-19(2)3/h1,7-8,16-20H,5-6,9-15H2,2-3H3,(H,30,36). The summed E-state index contributed by atoms with van der Waals surface area (Å²) in [5.41, 5.74) is 0.688. The van der Waals surface area contributed by atoms with Crippen molar-refractivity contribution in [3.63, 3.8) is 0 Å². The van der Waals surface area contributed by atoms with Gasteiger partial charge < -0.3 is 19.5 Å². The number of aromatic nitrogens is 4. The Morgan fingerprint density at radius 3 is 2.74 bits per heavy atom. The molecular formula is C28H33FN6O3. The molecule has 0 atom stereocenters. The molecule has 0 spiro atoms. The van der Waals surface area contributed by atoms with Crippen LogP contribution >= 0.6 is 0 Å². The zero-order valence-electron chi connectivity index (χ0n) is 21.8. The molecule has 3 aromatic rings. The lowest BCUT2D eigenvalue weighted by Crippen LogP contribution is -2.34. The van der Waals surface area contributed by atoms with Crippen LogP contribution in [0.2, 0.25) is 0 Å². The quantitative estimate of drug-likeness (QED) is 0.295. The predicted octanol–water partition coefficient (Wildman–Crippen LogP) is 4.30. The third-order valence-electron chi connectivity index (χ3n) is 6.41. The number of nitrogens with zero attached hydrogens (tertiary/aromatic N) is 5. The average molecular weight is 521 g/mol. The molecule has 1 N–H and O–H groups in total. The summed E-state index contributed by atoms with van der Waals surface area (Å²) in [6.07, 6.45) is 13.3. The summed E-state index contributed by atoms with van der Waals surface area (Å²) in [7, 11) is 0. The van der Waals surface area contributed by atoms with Crippen LogP contribution in [-0.4, -0.2) is 52.3 Å². The Morgan fingerprint density at radius 2 is 2.05 bits per heavy atom.